The molecule has 1 aromatic carbocycles. The van der Waals surface area contributed by atoms with Gasteiger partial charge in [0.05, 0.1) is 17.6 Å². The lowest BCUT2D eigenvalue weighted by Crippen LogP contribution is -2.37. The molecule has 0 atom stereocenters. The van der Waals surface area contributed by atoms with Gasteiger partial charge in [0.15, 0.2) is 5.96 Å². The number of fused-ring (bicyclic) bond motifs is 1. The van der Waals surface area contributed by atoms with Crippen LogP contribution in [-0.4, -0.2) is 29.5 Å². The molecule has 0 saturated heterocycles. The van der Waals surface area contributed by atoms with E-state index in [1.165, 1.54) is 4.88 Å². The highest BCUT2D eigenvalue weighted by Crippen LogP contribution is 2.10. The Bertz CT molecular complexity index is 718. The van der Waals surface area contributed by atoms with Gasteiger partial charge < -0.3 is 15.6 Å². The third-order valence-corrected chi connectivity index (χ3v) is 4.20. The molecule has 0 bridgehead atoms. The minimum Gasteiger partial charge on any atom is -0.356 e. The molecule has 122 valence electrons. The van der Waals surface area contributed by atoms with Crippen molar-refractivity contribution < 1.29 is 0 Å². The topological polar surface area (TPSA) is 65.1 Å². The van der Waals surface area contributed by atoms with Gasteiger partial charge in [0.25, 0.3) is 0 Å². The average Bonchev–Trinajstić information content (AvgIpc) is 3.19. The zero-order valence-electron chi connectivity index (χ0n) is 12.9. The zero-order valence-corrected chi connectivity index (χ0v) is 16.0. The number of nitrogens with one attached hydrogen (secondary N) is 3. The van der Waals surface area contributed by atoms with E-state index in [0.717, 1.165) is 42.3 Å². The summed E-state index contributed by atoms with van der Waals surface area (Å²) in [7, 11) is 1.78. The number of thiophene rings is 1. The lowest BCUT2D eigenvalue weighted by molar-refractivity contribution is 0.780. The zero-order chi connectivity index (χ0) is 15.2. The number of benzene rings is 1. The summed E-state index contributed by atoms with van der Waals surface area (Å²) in [5.41, 5.74) is 2.09. The fourth-order valence-corrected chi connectivity index (χ4v) is 2.87. The van der Waals surface area contributed by atoms with Crippen LogP contribution >= 0.6 is 35.3 Å². The molecule has 0 aliphatic carbocycles. The number of aromatic amines is 1. The summed E-state index contributed by atoms with van der Waals surface area (Å²) >= 11 is 1.74. The van der Waals surface area contributed by atoms with E-state index in [0.29, 0.717) is 0 Å². The summed E-state index contributed by atoms with van der Waals surface area (Å²) in [5.74, 6) is 1.80. The fourth-order valence-electron chi connectivity index (χ4n) is 2.23. The molecule has 3 aromatic rings. The van der Waals surface area contributed by atoms with Crippen LogP contribution in [0.15, 0.2) is 46.8 Å². The average molecular weight is 441 g/mol. The molecule has 2 heterocycles. The van der Waals surface area contributed by atoms with Crippen molar-refractivity contribution in [3.63, 3.8) is 0 Å². The van der Waals surface area contributed by atoms with Crippen molar-refractivity contribution in [3.05, 3.63) is 52.5 Å². The van der Waals surface area contributed by atoms with Crippen molar-refractivity contribution >= 4 is 52.3 Å². The maximum atomic E-state index is 4.57. The Hall–Kier alpha value is -1.61. The highest BCUT2D eigenvalue weighted by atomic mass is 127. The van der Waals surface area contributed by atoms with Gasteiger partial charge >= 0.3 is 0 Å². The largest absolute Gasteiger partial charge is 0.356 e. The Morgan fingerprint density at radius 2 is 2.09 bits per heavy atom. The Morgan fingerprint density at radius 1 is 1.22 bits per heavy atom. The van der Waals surface area contributed by atoms with Gasteiger partial charge in [-0.1, -0.05) is 18.2 Å². The number of aliphatic imine (C=N–C) groups is 1. The molecular weight excluding hydrogens is 421 g/mol. The Kier molecular flexibility index (Phi) is 6.85. The molecule has 0 saturated carbocycles. The normalized spacial score (nSPS) is 11.3. The number of hydrogen-bond acceptors (Lipinski definition) is 3. The number of hydrogen-bond donors (Lipinski definition) is 3. The lowest BCUT2D eigenvalue weighted by Gasteiger charge is -2.10. The maximum absolute atomic E-state index is 4.57. The number of H-pyrrole nitrogens is 1. The van der Waals surface area contributed by atoms with Crippen LogP contribution in [0.4, 0.5) is 0 Å². The summed E-state index contributed by atoms with van der Waals surface area (Å²) in [6.45, 7) is 1.58. The minimum atomic E-state index is 0. The van der Waals surface area contributed by atoms with Crippen molar-refractivity contribution in [2.75, 3.05) is 13.6 Å². The Labute approximate surface area is 156 Å². The van der Waals surface area contributed by atoms with E-state index in [4.69, 9.17) is 0 Å². The molecule has 0 aliphatic rings. The predicted octanol–water partition coefficient (Wildman–Crippen LogP) is 3.15. The van der Waals surface area contributed by atoms with Crippen LogP contribution in [0.2, 0.25) is 0 Å². The number of nitrogens with zero attached hydrogens (tertiary/aromatic N) is 2. The van der Waals surface area contributed by atoms with Crippen LogP contribution < -0.4 is 10.6 Å². The molecule has 2 aromatic heterocycles. The second-order valence-electron chi connectivity index (χ2n) is 4.88. The smallest absolute Gasteiger partial charge is 0.191 e. The molecule has 3 N–H and O–H groups in total. The van der Waals surface area contributed by atoms with E-state index in [-0.39, 0.29) is 24.0 Å². The van der Waals surface area contributed by atoms with E-state index in [2.05, 4.69) is 43.1 Å². The molecule has 3 rings (SSSR count). The quantitative estimate of drug-likeness (QED) is 0.324. The van der Waals surface area contributed by atoms with E-state index in [1.807, 2.05) is 24.3 Å². The molecule has 0 spiro atoms. The molecule has 0 aliphatic heterocycles. The second kappa shape index (κ2) is 8.88. The van der Waals surface area contributed by atoms with Gasteiger partial charge in [-0.2, -0.15) is 0 Å². The van der Waals surface area contributed by atoms with Gasteiger partial charge in [-0.15, -0.1) is 35.3 Å². The van der Waals surface area contributed by atoms with Gasteiger partial charge in [0.2, 0.25) is 0 Å². The second-order valence-corrected chi connectivity index (χ2v) is 5.91. The molecular formula is C16H20IN5S. The number of guanidine groups is 1. The van der Waals surface area contributed by atoms with Gasteiger partial charge in [-0.25, -0.2) is 4.98 Å². The van der Waals surface area contributed by atoms with Gasteiger partial charge in [0.1, 0.15) is 5.82 Å². The Morgan fingerprint density at radius 3 is 2.83 bits per heavy atom. The maximum Gasteiger partial charge on any atom is 0.191 e. The third-order valence-electron chi connectivity index (χ3n) is 3.33. The van der Waals surface area contributed by atoms with Crippen molar-refractivity contribution in [2.24, 2.45) is 4.99 Å². The lowest BCUT2D eigenvalue weighted by atomic mass is 10.3. The molecule has 7 heteroatoms. The van der Waals surface area contributed by atoms with Crippen molar-refractivity contribution in [3.8, 4) is 0 Å². The first-order valence-corrected chi connectivity index (χ1v) is 8.13. The van der Waals surface area contributed by atoms with E-state index in [9.17, 15) is 0 Å². The van der Waals surface area contributed by atoms with E-state index >= 15 is 0 Å². The first-order chi connectivity index (χ1) is 10.8. The molecule has 0 fully saturated rings. The van der Waals surface area contributed by atoms with Gasteiger partial charge in [0, 0.05) is 24.9 Å². The van der Waals surface area contributed by atoms with Crippen LogP contribution in [-0.2, 0) is 13.0 Å². The molecule has 0 amide bonds. The number of para-hydroxylation sites is 2. The minimum absolute atomic E-state index is 0. The van der Waals surface area contributed by atoms with Crippen molar-refractivity contribution in [1.82, 2.24) is 20.6 Å². The summed E-state index contributed by atoms with van der Waals surface area (Å²) in [6, 6.07) is 12.2. The monoisotopic (exact) mass is 441 g/mol. The number of imidazole rings is 1. The van der Waals surface area contributed by atoms with Crippen LogP contribution in [0.25, 0.3) is 11.0 Å². The fraction of sp³-hybridized carbons (Fsp3) is 0.250. The van der Waals surface area contributed by atoms with E-state index in [1.54, 1.807) is 18.4 Å². The summed E-state index contributed by atoms with van der Waals surface area (Å²) in [6.07, 6.45) is 0.828. The molecule has 23 heavy (non-hydrogen) atoms. The number of aromatic nitrogens is 2. The first kappa shape index (κ1) is 17.7. The highest BCUT2D eigenvalue weighted by Gasteiger charge is 2.03. The van der Waals surface area contributed by atoms with Crippen LogP contribution in [0.1, 0.15) is 10.7 Å². The molecule has 0 radical (unpaired) electrons. The molecule has 5 nitrogen and oxygen atoms in total. The van der Waals surface area contributed by atoms with Crippen LogP contribution in [0, 0.1) is 0 Å². The van der Waals surface area contributed by atoms with E-state index < -0.39 is 0 Å². The van der Waals surface area contributed by atoms with Crippen LogP contribution in [0.5, 0.6) is 0 Å². The van der Waals surface area contributed by atoms with Gasteiger partial charge in [-0.3, -0.25) is 4.99 Å². The number of halogens is 1. The predicted molar refractivity (Wildman–Crippen MR) is 108 cm³/mol. The first-order valence-electron chi connectivity index (χ1n) is 7.25. The van der Waals surface area contributed by atoms with Crippen LogP contribution in [0.3, 0.4) is 0 Å². The van der Waals surface area contributed by atoms with Crippen molar-refractivity contribution in [2.45, 2.75) is 13.0 Å². The SMILES string of the molecule is CN=C(NCCc1nc2ccccc2[nH]1)NCc1cccs1.I. The number of rotatable bonds is 5. The van der Waals surface area contributed by atoms with Gasteiger partial charge in [-0.05, 0) is 23.6 Å². The highest BCUT2D eigenvalue weighted by molar-refractivity contribution is 14.0. The summed E-state index contributed by atoms with van der Waals surface area (Å²) in [5, 5.41) is 8.69. The standard InChI is InChI=1S/C16H19N5S.HI/c1-17-16(19-11-12-5-4-10-22-12)18-9-8-15-20-13-6-2-3-7-14(13)21-15;/h2-7,10H,8-9,11H2,1H3,(H,20,21)(H2,17,18,19);1H. The molecule has 0 unspecified atom stereocenters. The third kappa shape index (κ3) is 4.93. The van der Waals surface area contributed by atoms with Crippen molar-refractivity contribution in [1.29, 1.82) is 0 Å². The Balaban J connectivity index is 0.00000192. The summed E-state index contributed by atoms with van der Waals surface area (Å²) in [4.78, 5) is 13.4. The summed E-state index contributed by atoms with van der Waals surface area (Å²) < 4.78 is 0.